The van der Waals surface area contributed by atoms with Crippen molar-refractivity contribution in [3.63, 3.8) is 0 Å². The summed E-state index contributed by atoms with van der Waals surface area (Å²) in [6.07, 6.45) is 0.215. The zero-order valence-electron chi connectivity index (χ0n) is 16.2. The van der Waals surface area contributed by atoms with Gasteiger partial charge in [0.1, 0.15) is 5.82 Å². The largest absolute Gasteiger partial charge is 0.365 e. The summed E-state index contributed by atoms with van der Waals surface area (Å²) in [5.41, 5.74) is 2.84. The van der Waals surface area contributed by atoms with Crippen molar-refractivity contribution in [3.8, 4) is 0 Å². The molecule has 2 amide bonds. The Labute approximate surface area is 172 Å². The highest BCUT2D eigenvalue weighted by Crippen LogP contribution is 2.48. The lowest BCUT2D eigenvalue weighted by Gasteiger charge is -2.30. The molecule has 3 aromatic carbocycles. The topological polar surface area (TPSA) is 61.8 Å². The second-order valence-corrected chi connectivity index (χ2v) is 7.47. The molecule has 0 saturated heterocycles. The molecule has 148 valence electrons. The van der Waals surface area contributed by atoms with E-state index in [2.05, 4.69) is 5.32 Å². The minimum absolute atomic E-state index is 0.215. The van der Waals surface area contributed by atoms with E-state index in [1.165, 1.54) is 24.0 Å². The fourth-order valence-electron chi connectivity index (χ4n) is 4.25. The average molecular weight is 399 g/mol. The van der Waals surface area contributed by atoms with E-state index in [0.717, 1.165) is 11.1 Å². The summed E-state index contributed by atoms with van der Waals surface area (Å²) in [7, 11) is 0. The van der Waals surface area contributed by atoms with Crippen LogP contribution in [-0.2, 0) is 15.1 Å². The van der Waals surface area contributed by atoms with Gasteiger partial charge in [0, 0.05) is 18.9 Å². The van der Waals surface area contributed by atoms with Gasteiger partial charge >= 0.3 is 0 Å². The monoisotopic (exact) mass is 399 g/mol. The Kier molecular flexibility index (Phi) is 4.03. The van der Waals surface area contributed by atoms with Crippen LogP contribution in [0.5, 0.6) is 0 Å². The second kappa shape index (κ2) is 6.62. The van der Waals surface area contributed by atoms with Crippen LogP contribution in [0.1, 0.15) is 24.5 Å². The zero-order chi connectivity index (χ0) is 20.9. The number of nitrogens with one attached hydrogen (secondary N) is 1. The minimum Gasteiger partial charge on any atom is -0.365 e. The van der Waals surface area contributed by atoms with Gasteiger partial charge in [0.2, 0.25) is 5.91 Å². The molecule has 3 aromatic rings. The van der Waals surface area contributed by atoms with E-state index in [9.17, 15) is 14.0 Å². The van der Waals surface area contributed by atoms with Crippen LogP contribution in [0.3, 0.4) is 0 Å². The number of aliphatic imine (C=N–C) groups is 1. The van der Waals surface area contributed by atoms with E-state index in [4.69, 9.17) is 4.99 Å². The number of benzene rings is 3. The van der Waals surface area contributed by atoms with Gasteiger partial charge in [0.15, 0.2) is 5.54 Å². The van der Waals surface area contributed by atoms with E-state index in [-0.39, 0.29) is 24.1 Å². The minimum atomic E-state index is -1.19. The lowest BCUT2D eigenvalue weighted by molar-refractivity contribution is -0.127. The van der Waals surface area contributed by atoms with Gasteiger partial charge in [-0.05, 0) is 35.9 Å². The molecule has 1 spiro atoms. The highest BCUT2D eigenvalue weighted by molar-refractivity contribution is 6.25. The molecule has 30 heavy (non-hydrogen) atoms. The van der Waals surface area contributed by atoms with Crippen LogP contribution in [0.2, 0.25) is 0 Å². The number of halogens is 1. The van der Waals surface area contributed by atoms with E-state index in [1.54, 1.807) is 24.3 Å². The Bertz CT molecular complexity index is 1220. The van der Waals surface area contributed by atoms with Crippen molar-refractivity contribution < 1.29 is 14.0 Å². The molecule has 0 aromatic heterocycles. The van der Waals surface area contributed by atoms with Gasteiger partial charge in [-0.25, -0.2) is 9.29 Å². The number of hydrogen-bond acceptors (Lipinski definition) is 4. The molecule has 5 rings (SSSR count). The molecule has 2 aliphatic heterocycles. The summed E-state index contributed by atoms with van der Waals surface area (Å²) in [4.78, 5) is 32.1. The van der Waals surface area contributed by atoms with Crippen molar-refractivity contribution in [2.75, 3.05) is 10.2 Å². The van der Waals surface area contributed by atoms with Crippen molar-refractivity contribution in [1.29, 1.82) is 0 Å². The second-order valence-electron chi connectivity index (χ2n) is 7.47. The highest BCUT2D eigenvalue weighted by atomic mass is 19.1. The van der Waals surface area contributed by atoms with Crippen molar-refractivity contribution in [2.24, 2.45) is 4.99 Å². The number of nitrogens with zero attached hydrogens (tertiary/aromatic N) is 2. The van der Waals surface area contributed by atoms with Crippen LogP contribution in [0, 0.1) is 5.82 Å². The molecular formula is C24H18FN3O2. The fraction of sp³-hybridized carbons (Fsp3) is 0.125. The Hall–Kier alpha value is -3.80. The molecule has 0 radical (unpaired) electrons. The summed E-state index contributed by atoms with van der Waals surface area (Å²) in [6, 6.07) is 20.8. The first kappa shape index (κ1) is 18.2. The third-order valence-electron chi connectivity index (χ3n) is 5.61. The maximum Gasteiger partial charge on any atom is 0.264 e. The van der Waals surface area contributed by atoms with Crippen LogP contribution in [0.4, 0.5) is 21.5 Å². The molecule has 1 N–H and O–H groups in total. The summed E-state index contributed by atoms with van der Waals surface area (Å²) in [6.45, 7) is 1.38. The number of carbonyl (C=O) groups is 2. The predicted octanol–water partition coefficient (Wildman–Crippen LogP) is 4.55. The maximum atomic E-state index is 13.7. The Morgan fingerprint density at radius 2 is 1.73 bits per heavy atom. The lowest BCUT2D eigenvalue weighted by Crippen LogP contribution is -2.48. The lowest BCUT2D eigenvalue weighted by atomic mass is 9.84. The van der Waals surface area contributed by atoms with Crippen molar-refractivity contribution in [3.05, 3.63) is 89.7 Å². The molecule has 0 bridgehead atoms. The Balaban J connectivity index is 1.75. The summed E-state index contributed by atoms with van der Waals surface area (Å²) in [5, 5.41) is 3.40. The first-order valence-electron chi connectivity index (χ1n) is 9.65. The summed E-state index contributed by atoms with van der Waals surface area (Å²) < 4.78 is 13.5. The van der Waals surface area contributed by atoms with Crippen LogP contribution < -0.4 is 10.2 Å². The molecule has 2 aliphatic rings. The maximum absolute atomic E-state index is 13.7. The molecule has 2 heterocycles. The van der Waals surface area contributed by atoms with Crippen molar-refractivity contribution in [1.82, 2.24) is 0 Å². The van der Waals surface area contributed by atoms with Crippen LogP contribution >= 0.6 is 0 Å². The predicted molar refractivity (Wildman–Crippen MR) is 114 cm³/mol. The molecule has 0 saturated carbocycles. The molecule has 0 aliphatic carbocycles. The number of fused-ring (bicyclic) bond motifs is 3. The van der Waals surface area contributed by atoms with Gasteiger partial charge in [-0.3, -0.25) is 14.6 Å². The van der Waals surface area contributed by atoms with Gasteiger partial charge in [0.25, 0.3) is 5.91 Å². The number of imide groups is 1. The quantitative estimate of drug-likeness (QED) is 0.653. The standard InChI is InChI=1S/C24H18FN3O2/c1-15(29)28-22-9-5-2-6-18(22)24(23(28)30)14-21(16-10-12-17(25)13-11-16)26-19-7-3-4-8-20(19)27-24/h2-13,27H,14H2,1H3. The van der Waals surface area contributed by atoms with E-state index in [1.807, 2.05) is 36.4 Å². The SMILES string of the molecule is CC(=O)N1C(=O)C2(CC(c3ccc(F)cc3)=Nc3ccccc3N2)c2ccccc21. The number of carbonyl (C=O) groups excluding carboxylic acids is 2. The Morgan fingerprint density at radius 3 is 2.50 bits per heavy atom. The molecular weight excluding hydrogens is 381 g/mol. The van der Waals surface area contributed by atoms with Crippen LogP contribution in [-0.4, -0.2) is 17.5 Å². The summed E-state index contributed by atoms with van der Waals surface area (Å²) in [5.74, 6) is -1.03. The van der Waals surface area contributed by atoms with Crippen LogP contribution in [0.15, 0.2) is 77.8 Å². The van der Waals surface area contributed by atoms with Crippen molar-refractivity contribution in [2.45, 2.75) is 18.9 Å². The number of para-hydroxylation sites is 3. The van der Waals surface area contributed by atoms with Gasteiger partial charge in [-0.1, -0.05) is 42.5 Å². The van der Waals surface area contributed by atoms with Crippen molar-refractivity contribution >= 4 is 34.6 Å². The van der Waals surface area contributed by atoms with E-state index < -0.39 is 5.54 Å². The molecule has 0 fully saturated rings. The first-order valence-corrected chi connectivity index (χ1v) is 9.65. The molecule has 5 nitrogen and oxygen atoms in total. The van der Waals surface area contributed by atoms with Gasteiger partial charge in [0.05, 0.1) is 22.8 Å². The first-order chi connectivity index (χ1) is 14.5. The van der Waals surface area contributed by atoms with E-state index >= 15 is 0 Å². The zero-order valence-corrected chi connectivity index (χ0v) is 16.2. The third-order valence-corrected chi connectivity index (χ3v) is 5.61. The molecule has 6 heteroatoms. The normalized spacial score (nSPS) is 19.6. The fourth-order valence-corrected chi connectivity index (χ4v) is 4.25. The highest BCUT2D eigenvalue weighted by Gasteiger charge is 2.53. The van der Waals surface area contributed by atoms with Gasteiger partial charge < -0.3 is 5.32 Å². The number of amides is 2. The summed E-state index contributed by atoms with van der Waals surface area (Å²) >= 11 is 0. The average Bonchev–Trinajstić information content (AvgIpc) is 2.87. The number of anilines is 2. The number of hydrogen-bond donors (Lipinski definition) is 1. The van der Waals surface area contributed by atoms with Gasteiger partial charge in [-0.2, -0.15) is 0 Å². The van der Waals surface area contributed by atoms with Gasteiger partial charge in [-0.15, -0.1) is 0 Å². The van der Waals surface area contributed by atoms with Crippen LogP contribution in [0.25, 0.3) is 0 Å². The third kappa shape index (κ3) is 2.64. The Morgan fingerprint density at radius 1 is 1.03 bits per heavy atom. The molecule has 1 unspecified atom stereocenters. The molecule has 1 atom stereocenters. The van der Waals surface area contributed by atoms with E-state index in [0.29, 0.717) is 22.8 Å². The number of rotatable bonds is 1. The smallest absolute Gasteiger partial charge is 0.264 e.